The number of aryl methyl sites for hydroxylation is 1. The topological polar surface area (TPSA) is 78.7 Å². The summed E-state index contributed by atoms with van der Waals surface area (Å²) >= 11 is 1.50. The van der Waals surface area contributed by atoms with Crippen molar-refractivity contribution < 1.29 is 9.59 Å². The molecule has 1 aromatic heterocycles. The van der Waals surface area contributed by atoms with Gasteiger partial charge in [-0.25, -0.2) is 0 Å². The maximum Gasteiger partial charge on any atom is 0.251 e. The van der Waals surface area contributed by atoms with Gasteiger partial charge in [-0.1, -0.05) is 18.2 Å². The zero-order valence-electron chi connectivity index (χ0n) is 18.4. The van der Waals surface area contributed by atoms with Crippen molar-refractivity contribution in [2.75, 3.05) is 30.4 Å². The van der Waals surface area contributed by atoms with E-state index >= 15 is 0 Å². The van der Waals surface area contributed by atoms with Gasteiger partial charge in [-0.05, 0) is 69.7 Å². The van der Waals surface area contributed by atoms with Crippen LogP contribution in [0, 0.1) is 0 Å². The molecule has 0 spiro atoms. The lowest BCUT2D eigenvalue weighted by Gasteiger charge is -2.32. The van der Waals surface area contributed by atoms with E-state index in [9.17, 15) is 9.59 Å². The van der Waals surface area contributed by atoms with Crippen LogP contribution in [-0.2, 0) is 24.2 Å². The monoisotopic (exact) mass is 440 g/mol. The fourth-order valence-electron chi connectivity index (χ4n) is 4.66. The van der Waals surface area contributed by atoms with Gasteiger partial charge in [0.2, 0.25) is 5.91 Å². The predicted molar refractivity (Wildman–Crippen MR) is 127 cm³/mol. The Balaban J connectivity index is 1.45. The van der Waals surface area contributed by atoms with Crippen LogP contribution in [-0.4, -0.2) is 42.9 Å². The van der Waals surface area contributed by atoms with Crippen molar-refractivity contribution in [3.8, 4) is 0 Å². The molecule has 2 aliphatic rings. The summed E-state index contributed by atoms with van der Waals surface area (Å²) in [7, 11) is 1.97. The van der Waals surface area contributed by atoms with E-state index in [1.807, 2.05) is 14.0 Å². The number of fused-ring (bicyclic) bond motifs is 1. The number of anilines is 2. The molecule has 6 nitrogen and oxygen atoms in total. The summed E-state index contributed by atoms with van der Waals surface area (Å²) in [6, 6.07) is 8.15. The third kappa shape index (κ3) is 4.62. The standard InChI is InChI=1S/C24H32N4O2S/c1-16(23(30)26-24-21(22(25)29)18-10-8-12-20(18)31-24)27(2)15-17-9-4-5-11-19(17)28-13-6-3-7-14-28/h4-5,9,11,16H,3,6-8,10,12-15H2,1-2H3,(H2,25,29)(H,26,30)/t16-/m0/s1. The number of amides is 2. The molecule has 1 aliphatic carbocycles. The zero-order valence-corrected chi connectivity index (χ0v) is 19.3. The molecule has 0 saturated carbocycles. The van der Waals surface area contributed by atoms with Crippen LogP contribution in [0.3, 0.4) is 0 Å². The highest BCUT2D eigenvalue weighted by atomic mass is 32.1. The molecule has 0 bridgehead atoms. The first-order chi connectivity index (χ1) is 15.0. The quantitative estimate of drug-likeness (QED) is 0.687. The van der Waals surface area contributed by atoms with Gasteiger partial charge in [-0.2, -0.15) is 0 Å². The van der Waals surface area contributed by atoms with Crippen LogP contribution in [0.4, 0.5) is 10.7 Å². The van der Waals surface area contributed by atoms with Crippen LogP contribution in [0.15, 0.2) is 24.3 Å². The molecule has 1 fully saturated rings. The van der Waals surface area contributed by atoms with Crippen molar-refractivity contribution in [3.05, 3.63) is 45.8 Å². The first kappa shape index (κ1) is 21.8. The Bertz CT molecular complexity index is 964. The zero-order chi connectivity index (χ0) is 22.0. The third-order valence-electron chi connectivity index (χ3n) is 6.55. The molecular formula is C24H32N4O2S. The largest absolute Gasteiger partial charge is 0.371 e. The van der Waals surface area contributed by atoms with E-state index in [4.69, 9.17) is 5.73 Å². The highest BCUT2D eigenvalue weighted by molar-refractivity contribution is 7.17. The summed E-state index contributed by atoms with van der Waals surface area (Å²) in [6.07, 6.45) is 6.63. The minimum Gasteiger partial charge on any atom is -0.371 e. The highest BCUT2D eigenvalue weighted by Crippen LogP contribution is 2.39. The van der Waals surface area contributed by atoms with Gasteiger partial charge < -0.3 is 16.0 Å². The van der Waals surface area contributed by atoms with Gasteiger partial charge in [-0.15, -0.1) is 11.3 Å². The second-order valence-corrected chi connectivity index (χ2v) is 9.79. The lowest BCUT2D eigenvalue weighted by molar-refractivity contribution is -0.120. The fourth-order valence-corrected chi connectivity index (χ4v) is 5.96. The molecule has 1 aromatic carbocycles. The Hall–Kier alpha value is -2.38. The Morgan fingerprint density at radius 1 is 1.16 bits per heavy atom. The number of nitrogens with zero attached hydrogens (tertiary/aromatic N) is 2. The van der Waals surface area contributed by atoms with Gasteiger partial charge in [0, 0.05) is 30.2 Å². The van der Waals surface area contributed by atoms with E-state index in [0.29, 0.717) is 17.1 Å². The Labute approximate surface area is 188 Å². The minimum absolute atomic E-state index is 0.111. The summed E-state index contributed by atoms with van der Waals surface area (Å²) in [4.78, 5) is 30.7. The smallest absolute Gasteiger partial charge is 0.251 e. The number of carbonyl (C=O) groups is 2. The number of likely N-dealkylation sites (N-methyl/N-ethyl adjacent to an activating group) is 1. The molecule has 4 rings (SSSR count). The molecular weight excluding hydrogens is 408 g/mol. The van der Waals surface area contributed by atoms with Crippen molar-refractivity contribution in [2.24, 2.45) is 5.73 Å². The van der Waals surface area contributed by atoms with Gasteiger partial charge in [0.1, 0.15) is 5.00 Å². The molecule has 0 unspecified atom stereocenters. The summed E-state index contributed by atoms with van der Waals surface area (Å²) in [5, 5.41) is 3.60. The lowest BCUT2D eigenvalue weighted by Crippen LogP contribution is -2.40. The molecule has 0 radical (unpaired) electrons. The number of thiophene rings is 1. The van der Waals surface area contributed by atoms with Gasteiger partial charge in [0.05, 0.1) is 11.6 Å². The Morgan fingerprint density at radius 3 is 2.65 bits per heavy atom. The van der Waals surface area contributed by atoms with Crippen molar-refractivity contribution >= 4 is 33.8 Å². The number of nitrogens with two attached hydrogens (primary N) is 1. The number of carbonyl (C=O) groups excluding carboxylic acids is 2. The van der Waals surface area contributed by atoms with Crippen LogP contribution in [0.25, 0.3) is 0 Å². The van der Waals surface area contributed by atoms with E-state index in [-0.39, 0.29) is 11.9 Å². The van der Waals surface area contributed by atoms with Gasteiger partial charge in [0.15, 0.2) is 0 Å². The number of rotatable bonds is 7. The predicted octanol–water partition coefficient (Wildman–Crippen LogP) is 3.79. The number of hydrogen-bond acceptors (Lipinski definition) is 5. The summed E-state index contributed by atoms with van der Waals surface area (Å²) in [5.41, 5.74) is 9.68. The minimum atomic E-state index is -0.453. The molecule has 2 aromatic rings. The van der Waals surface area contributed by atoms with Crippen LogP contribution < -0.4 is 16.0 Å². The molecule has 1 saturated heterocycles. The number of nitrogens with one attached hydrogen (secondary N) is 1. The average molecular weight is 441 g/mol. The number of piperidine rings is 1. The highest BCUT2D eigenvalue weighted by Gasteiger charge is 2.28. The second-order valence-electron chi connectivity index (χ2n) is 8.68. The first-order valence-corrected chi connectivity index (χ1v) is 12.1. The molecule has 166 valence electrons. The normalized spacial score (nSPS) is 16.9. The SMILES string of the molecule is C[C@@H](C(=O)Nc1sc2c(c1C(N)=O)CCC2)N(C)Cc1ccccc1N1CCCCC1. The van der Waals surface area contributed by atoms with Gasteiger partial charge in [0.25, 0.3) is 5.91 Å². The number of primary amides is 1. The maximum atomic E-state index is 13.0. The fraction of sp³-hybridized carbons (Fsp3) is 0.500. The van der Waals surface area contributed by atoms with Crippen molar-refractivity contribution in [3.63, 3.8) is 0 Å². The van der Waals surface area contributed by atoms with E-state index in [1.54, 1.807) is 0 Å². The van der Waals surface area contributed by atoms with Crippen molar-refractivity contribution in [1.29, 1.82) is 0 Å². The van der Waals surface area contributed by atoms with Crippen LogP contribution in [0.1, 0.15) is 59.0 Å². The van der Waals surface area contributed by atoms with Gasteiger partial charge in [-0.3, -0.25) is 14.5 Å². The lowest BCUT2D eigenvalue weighted by atomic mass is 10.1. The molecule has 2 heterocycles. The number of benzene rings is 1. The molecule has 1 aliphatic heterocycles. The first-order valence-electron chi connectivity index (χ1n) is 11.2. The second kappa shape index (κ2) is 9.40. The van der Waals surface area contributed by atoms with E-state index in [0.717, 1.165) is 37.9 Å². The molecule has 7 heteroatoms. The molecule has 3 N–H and O–H groups in total. The molecule has 31 heavy (non-hydrogen) atoms. The van der Waals surface area contributed by atoms with Crippen molar-refractivity contribution in [2.45, 2.75) is 58.0 Å². The van der Waals surface area contributed by atoms with Crippen molar-refractivity contribution in [1.82, 2.24) is 4.90 Å². The maximum absolute atomic E-state index is 13.0. The summed E-state index contributed by atoms with van der Waals surface area (Å²) in [6.45, 7) is 4.78. The third-order valence-corrected chi connectivity index (χ3v) is 7.76. The molecule has 2 amide bonds. The number of para-hydroxylation sites is 1. The average Bonchev–Trinajstić information content (AvgIpc) is 3.34. The Kier molecular flexibility index (Phi) is 6.62. The summed E-state index contributed by atoms with van der Waals surface area (Å²) < 4.78 is 0. The van der Waals surface area contributed by atoms with Crippen LogP contribution >= 0.6 is 11.3 Å². The van der Waals surface area contributed by atoms with Gasteiger partial charge >= 0.3 is 0 Å². The van der Waals surface area contributed by atoms with E-state index in [1.165, 1.54) is 46.7 Å². The molecule has 1 atom stereocenters. The van der Waals surface area contributed by atoms with E-state index in [2.05, 4.69) is 39.4 Å². The number of hydrogen-bond donors (Lipinski definition) is 2. The van der Waals surface area contributed by atoms with Crippen LogP contribution in [0.5, 0.6) is 0 Å². The van der Waals surface area contributed by atoms with E-state index < -0.39 is 5.91 Å². The Morgan fingerprint density at radius 2 is 1.90 bits per heavy atom. The summed E-state index contributed by atoms with van der Waals surface area (Å²) in [5.74, 6) is -0.563. The van der Waals surface area contributed by atoms with Crippen LogP contribution in [0.2, 0.25) is 0 Å².